The molecule has 6 atom stereocenters. The van der Waals surface area contributed by atoms with Crippen LogP contribution in [0.4, 0.5) is 0 Å². The molecule has 0 aliphatic heterocycles. The summed E-state index contributed by atoms with van der Waals surface area (Å²) in [6.45, 7) is 4.61. The highest BCUT2D eigenvalue weighted by Gasteiger charge is 2.58. The molecule has 78 valence electrons. The minimum Gasteiger partial charge on any atom is -0.0848 e. The maximum absolute atomic E-state index is 2.50. The number of hydrogen-bond acceptors (Lipinski definition) is 0. The van der Waals surface area contributed by atoms with Gasteiger partial charge in [-0.15, -0.1) is 0 Å². The first kappa shape index (κ1) is 8.38. The molecule has 4 rings (SSSR count). The Kier molecular flexibility index (Phi) is 1.39. The molecule has 0 N–H and O–H groups in total. The molecule has 0 heteroatoms. The van der Waals surface area contributed by atoms with Crippen LogP contribution in [0.5, 0.6) is 0 Å². The molecule has 0 heterocycles. The van der Waals surface area contributed by atoms with Crippen LogP contribution in [0, 0.1) is 35.5 Å². The molecule has 15 heavy (non-hydrogen) atoms. The molecule has 2 unspecified atom stereocenters. The van der Waals surface area contributed by atoms with Crippen LogP contribution in [0.2, 0.25) is 0 Å². The summed E-state index contributed by atoms with van der Waals surface area (Å²) in [6, 6.07) is 0. The van der Waals surface area contributed by atoms with Crippen molar-refractivity contribution in [2.45, 2.75) is 20.3 Å². The number of fused-ring (bicyclic) bond motifs is 9. The molecule has 0 radical (unpaired) electrons. The molecule has 0 aromatic rings. The highest BCUT2D eigenvalue weighted by atomic mass is 14.6. The summed E-state index contributed by atoms with van der Waals surface area (Å²) in [5.74, 6) is 5.39. The summed E-state index contributed by atoms with van der Waals surface area (Å²) in [5.41, 5.74) is 3.37. The molecule has 0 saturated heterocycles. The zero-order valence-corrected chi connectivity index (χ0v) is 9.48. The van der Waals surface area contributed by atoms with E-state index in [1.165, 1.54) is 6.42 Å². The van der Waals surface area contributed by atoms with Gasteiger partial charge >= 0.3 is 0 Å². The molecular weight excluding hydrogens is 180 g/mol. The van der Waals surface area contributed by atoms with Crippen LogP contribution in [0.1, 0.15) is 20.3 Å². The number of allylic oxidation sites excluding steroid dienone is 6. The van der Waals surface area contributed by atoms with Gasteiger partial charge in [-0.3, -0.25) is 0 Å². The molecule has 0 spiro atoms. The Morgan fingerprint density at radius 1 is 0.933 bits per heavy atom. The minimum atomic E-state index is 0.810. The molecular formula is C15H18. The van der Waals surface area contributed by atoms with Crippen molar-refractivity contribution >= 4 is 0 Å². The van der Waals surface area contributed by atoms with Crippen molar-refractivity contribution in [2.75, 3.05) is 0 Å². The average molecular weight is 198 g/mol. The minimum absolute atomic E-state index is 0.810. The fraction of sp³-hybridized carbons (Fsp3) is 0.600. The van der Waals surface area contributed by atoms with E-state index in [0.717, 1.165) is 35.5 Å². The maximum atomic E-state index is 2.50. The van der Waals surface area contributed by atoms with Crippen LogP contribution in [-0.2, 0) is 0 Å². The van der Waals surface area contributed by atoms with Gasteiger partial charge in [-0.2, -0.15) is 0 Å². The second-order valence-corrected chi connectivity index (χ2v) is 5.99. The largest absolute Gasteiger partial charge is 0.0848 e. The third-order valence-corrected chi connectivity index (χ3v) is 5.23. The van der Waals surface area contributed by atoms with E-state index in [4.69, 9.17) is 0 Å². The molecule has 2 saturated carbocycles. The van der Waals surface area contributed by atoms with Crippen molar-refractivity contribution in [1.29, 1.82) is 0 Å². The van der Waals surface area contributed by atoms with E-state index < -0.39 is 0 Å². The SMILES string of the molecule is CC(C)=C1[C@H]2C=C[C@@H]1C1C2[C@H]2C=C[C@@H]1C2. The first-order valence-corrected chi connectivity index (χ1v) is 6.31. The van der Waals surface area contributed by atoms with Gasteiger partial charge in [-0.05, 0) is 43.9 Å². The van der Waals surface area contributed by atoms with Crippen LogP contribution in [0.3, 0.4) is 0 Å². The third kappa shape index (κ3) is 0.814. The van der Waals surface area contributed by atoms with Crippen LogP contribution in [0.15, 0.2) is 35.5 Å². The van der Waals surface area contributed by atoms with Gasteiger partial charge in [0.1, 0.15) is 0 Å². The van der Waals surface area contributed by atoms with E-state index in [9.17, 15) is 0 Å². The average Bonchev–Trinajstić information content (AvgIpc) is 2.95. The zero-order chi connectivity index (χ0) is 10.2. The molecule has 4 bridgehead atoms. The summed E-state index contributed by atoms with van der Waals surface area (Å²) in [7, 11) is 0. The van der Waals surface area contributed by atoms with E-state index in [1.807, 2.05) is 0 Å². The Labute approximate surface area is 91.8 Å². The molecule has 4 aliphatic rings. The third-order valence-electron chi connectivity index (χ3n) is 5.23. The van der Waals surface area contributed by atoms with E-state index >= 15 is 0 Å². The van der Waals surface area contributed by atoms with E-state index in [0.29, 0.717) is 0 Å². The van der Waals surface area contributed by atoms with Crippen molar-refractivity contribution in [1.82, 2.24) is 0 Å². The first-order valence-electron chi connectivity index (χ1n) is 6.31. The van der Waals surface area contributed by atoms with Gasteiger partial charge < -0.3 is 0 Å². The van der Waals surface area contributed by atoms with Crippen molar-refractivity contribution in [3.8, 4) is 0 Å². The van der Waals surface area contributed by atoms with E-state index in [-0.39, 0.29) is 0 Å². The fourth-order valence-electron chi connectivity index (χ4n) is 4.92. The van der Waals surface area contributed by atoms with Gasteiger partial charge in [0.2, 0.25) is 0 Å². The predicted molar refractivity (Wildman–Crippen MR) is 62.2 cm³/mol. The van der Waals surface area contributed by atoms with Gasteiger partial charge in [0, 0.05) is 11.8 Å². The summed E-state index contributed by atoms with van der Waals surface area (Å²) < 4.78 is 0. The van der Waals surface area contributed by atoms with Crippen LogP contribution >= 0.6 is 0 Å². The summed E-state index contributed by atoms with van der Waals surface area (Å²) in [4.78, 5) is 0. The molecule has 0 aromatic heterocycles. The fourth-order valence-corrected chi connectivity index (χ4v) is 4.92. The second kappa shape index (κ2) is 2.48. The Morgan fingerprint density at radius 2 is 1.47 bits per heavy atom. The summed E-state index contributed by atoms with van der Waals surface area (Å²) in [5, 5.41) is 0. The van der Waals surface area contributed by atoms with Crippen molar-refractivity contribution in [2.24, 2.45) is 35.5 Å². The van der Waals surface area contributed by atoms with Gasteiger partial charge in [0.15, 0.2) is 0 Å². The van der Waals surface area contributed by atoms with Crippen LogP contribution < -0.4 is 0 Å². The van der Waals surface area contributed by atoms with E-state index in [2.05, 4.69) is 38.2 Å². The van der Waals surface area contributed by atoms with Crippen molar-refractivity contribution in [3.63, 3.8) is 0 Å². The lowest BCUT2D eigenvalue weighted by molar-refractivity contribution is 0.290. The zero-order valence-electron chi connectivity index (χ0n) is 9.48. The highest BCUT2D eigenvalue weighted by molar-refractivity contribution is 5.42. The lowest BCUT2D eigenvalue weighted by atomic mass is 9.76. The standard InChI is InChI=1S/C15H18/c1-8(2)13-11-5-6-12(13)15-10-4-3-9(7-10)14(11)15/h3-6,9-12,14-15H,7H2,1-2H3/t9-,10+,11+,12-,14?,15?. The molecule has 0 nitrogen and oxygen atoms in total. The molecule has 4 aliphatic carbocycles. The second-order valence-electron chi connectivity index (χ2n) is 5.99. The van der Waals surface area contributed by atoms with Gasteiger partial charge in [0.25, 0.3) is 0 Å². The Morgan fingerprint density at radius 3 is 1.93 bits per heavy atom. The lowest BCUT2D eigenvalue weighted by Crippen LogP contribution is -2.23. The van der Waals surface area contributed by atoms with Crippen molar-refractivity contribution in [3.05, 3.63) is 35.5 Å². The quantitative estimate of drug-likeness (QED) is 0.412. The van der Waals surface area contributed by atoms with Gasteiger partial charge in [0.05, 0.1) is 0 Å². The first-order chi connectivity index (χ1) is 7.27. The highest BCUT2D eigenvalue weighted by Crippen LogP contribution is 2.65. The van der Waals surface area contributed by atoms with Crippen LogP contribution in [-0.4, -0.2) is 0 Å². The molecule has 2 fully saturated rings. The van der Waals surface area contributed by atoms with Gasteiger partial charge in [-0.1, -0.05) is 35.5 Å². The Hall–Kier alpha value is -0.780. The Bertz CT molecular complexity index is 376. The normalized spacial score (nSPS) is 53.1. The van der Waals surface area contributed by atoms with Crippen molar-refractivity contribution < 1.29 is 0 Å². The van der Waals surface area contributed by atoms with E-state index in [1.54, 1.807) is 11.1 Å². The maximum Gasteiger partial charge on any atom is 0.00225 e. The predicted octanol–water partition coefficient (Wildman–Crippen LogP) is 3.58. The van der Waals surface area contributed by atoms with Crippen LogP contribution in [0.25, 0.3) is 0 Å². The lowest BCUT2D eigenvalue weighted by Gasteiger charge is -2.27. The topological polar surface area (TPSA) is 0 Å². The number of hydrogen-bond donors (Lipinski definition) is 0. The molecule has 0 amide bonds. The number of rotatable bonds is 0. The summed E-state index contributed by atoms with van der Waals surface area (Å²) in [6.07, 6.45) is 11.5. The van der Waals surface area contributed by atoms with Gasteiger partial charge in [-0.25, -0.2) is 0 Å². The summed E-state index contributed by atoms with van der Waals surface area (Å²) >= 11 is 0. The molecule has 0 aromatic carbocycles. The monoisotopic (exact) mass is 198 g/mol. The Balaban J connectivity index is 1.86. The smallest absolute Gasteiger partial charge is 0.00225 e.